The minimum Gasteiger partial charge on any atom is -0.419 e. The topological polar surface area (TPSA) is 2.70 Å². The van der Waals surface area contributed by atoms with Gasteiger partial charge in [0.15, 0.2) is 6.61 Å². The van der Waals surface area contributed by atoms with Gasteiger partial charge in [-0.05, 0) is 6.42 Å². The van der Waals surface area contributed by atoms with E-state index in [1.807, 2.05) is 0 Å². The highest BCUT2D eigenvalue weighted by atomic mass is 16.7. The Morgan fingerprint density at radius 3 is 1.77 bits per heavy atom. The van der Waals surface area contributed by atoms with Crippen molar-refractivity contribution in [3.05, 3.63) is 35.9 Å². The highest BCUT2D eigenvalue weighted by molar-refractivity contribution is 5.13. The van der Waals surface area contributed by atoms with Crippen LogP contribution in [0.15, 0.2) is 30.3 Å². The van der Waals surface area contributed by atoms with Crippen LogP contribution in [0, 0.1) is 0 Å². The van der Waals surface area contributed by atoms with Crippen molar-refractivity contribution in [3.63, 3.8) is 0 Å². The van der Waals surface area contributed by atoms with Crippen LogP contribution in [0.25, 0.3) is 0 Å². The summed E-state index contributed by atoms with van der Waals surface area (Å²) in [5.41, 5.74) is 1.40. The smallest absolute Gasteiger partial charge is 0.172 e. The molecule has 1 aromatic rings. The Morgan fingerprint density at radius 1 is 0.682 bits per heavy atom. The summed E-state index contributed by atoms with van der Waals surface area (Å²) < 4.78 is 3.41. The van der Waals surface area contributed by atoms with Crippen LogP contribution >= 0.6 is 0 Å². The molecular formula is C21H37O+. The second-order valence-electron chi connectivity index (χ2n) is 6.42. The number of benzene rings is 1. The maximum absolute atomic E-state index is 3.41. The molecule has 0 N–H and O–H groups in total. The van der Waals surface area contributed by atoms with Crippen LogP contribution in [0.1, 0.15) is 83.6 Å². The van der Waals surface area contributed by atoms with Gasteiger partial charge in [-0.1, -0.05) is 88.6 Å². The van der Waals surface area contributed by atoms with Gasteiger partial charge in [-0.3, -0.25) is 0 Å². The van der Waals surface area contributed by atoms with Crippen molar-refractivity contribution in [2.75, 3.05) is 13.2 Å². The van der Waals surface area contributed by atoms with Gasteiger partial charge in [-0.25, -0.2) is 0 Å². The van der Waals surface area contributed by atoms with Gasteiger partial charge in [0.1, 0.15) is 13.2 Å². The molecule has 0 saturated heterocycles. The Kier molecular flexibility index (Phi) is 12.1. The van der Waals surface area contributed by atoms with E-state index in [9.17, 15) is 0 Å². The van der Waals surface area contributed by atoms with Crippen molar-refractivity contribution in [3.8, 4) is 0 Å². The molecule has 1 heteroatoms. The lowest BCUT2D eigenvalue weighted by Gasteiger charge is -2.17. The molecule has 0 spiro atoms. The second kappa shape index (κ2) is 13.8. The highest BCUT2D eigenvalue weighted by Gasteiger charge is 2.07. The van der Waals surface area contributed by atoms with Crippen LogP contribution < -0.4 is 0 Å². The van der Waals surface area contributed by atoms with E-state index in [0.717, 1.165) is 13.2 Å². The predicted octanol–water partition coefficient (Wildman–Crippen LogP) is 6.68. The summed E-state index contributed by atoms with van der Waals surface area (Å²) in [5, 5.41) is 0. The molecule has 126 valence electrons. The average molecular weight is 306 g/mol. The maximum Gasteiger partial charge on any atom is 0.172 e. The van der Waals surface area contributed by atoms with E-state index in [2.05, 4.69) is 48.5 Å². The quantitative estimate of drug-likeness (QED) is 0.266. The lowest BCUT2D eigenvalue weighted by Crippen LogP contribution is -2.15. The molecule has 0 fully saturated rings. The Hall–Kier alpha value is -0.820. The molecule has 0 aromatic heterocycles. The fraction of sp³-hybridized carbons (Fsp3) is 0.714. The van der Waals surface area contributed by atoms with Gasteiger partial charge in [0.25, 0.3) is 0 Å². The Labute approximate surface area is 138 Å². The van der Waals surface area contributed by atoms with Gasteiger partial charge in [0.2, 0.25) is 0 Å². The SMILES string of the molecule is CCCCCCCCCCCC[O+](CC)Cc1ccccc1. The standard InChI is InChI=1S/C21H37O/c1-3-5-6-7-8-9-10-11-12-16-19-22(4-2)20-21-17-14-13-15-18-21/h13-15,17-18H,3-12,16,19-20H2,1-2H3/q+1. The van der Waals surface area contributed by atoms with Crippen LogP contribution in [-0.4, -0.2) is 13.2 Å². The van der Waals surface area contributed by atoms with Crippen LogP contribution in [0.2, 0.25) is 0 Å². The zero-order chi connectivity index (χ0) is 15.9. The van der Waals surface area contributed by atoms with Crippen LogP contribution in [0.4, 0.5) is 0 Å². The van der Waals surface area contributed by atoms with Gasteiger partial charge < -0.3 is 4.37 Å². The Bertz CT molecular complexity index is 333. The molecule has 1 nitrogen and oxygen atoms in total. The van der Waals surface area contributed by atoms with Gasteiger partial charge in [-0.15, -0.1) is 0 Å². The molecule has 0 radical (unpaired) electrons. The fourth-order valence-electron chi connectivity index (χ4n) is 2.92. The van der Waals surface area contributed by atoms with Gasteiger partial charge >= 0.3 is 0 Å². The zero-order valence-corrected chi connectivity index (χ0v) is 15.0. The summed E-state index contributed by atoms with van der Waals surface area (Å²) in [6.45, 7) is 7.79. The first-order chi connectivity index (χ1) is 10.9. The maximum atomic E-state index is 3.41. The first-order valence-corrected chi connectivity index (χ1v) is 9.54. The summed E-state index contributed by atoms with van der Waals surface area (Å²) in [6, 6.07) is 10.8. The third-order valence-corrected chi connectivity index (χ3v) is 4.41. The molecule has 0 aliphatic rings. The fourth-order valence-corrected chi connectivity index (χ4v) is 2.92. The third-order valence-electron chi connectivity index (χ3n) is 4.41. The molecule has 1 rings (SSSR count). The second-order valence-corrected chi connectivity index (χ2v) is 6.42. The number of unbranched alkanes of at least 4 members (excludes halogenated alkanes) is 9. The van der Waals surface area contributed by atoms with E-state index in [-0.39, 0.29) is 0 Å². The van der Waals surface area contributed by atoms with E-state index in [1.54, 1.807) is 0 Å². The summed E-state index contributed by atoms with van der Waals surface area (Å²) in [6.07, 6.45) is 14.1. The third kappa shape index (κ3) is 10.00. The molecule has 0 bridgehead atoms. The minimum absolute atomic E-state index is 1.02. The van der Waals surface area contributed by atoms with Crippen molar-refractivity contribution < 1.29 is 4.37 Å². The van der Waals surface area contributed by atoms with Crippen molar-refractivity contribution >= 4 is 0 Å². The molecule has 0 aliphatic heterocycles. The zero-order valence-electron chi connectivity index (χ0n) is 15.0. The molecular weight excluding hydrogens is 268 g/mol. The van der Waals surface area contributed by atoms with Crippen LogP contribution in [0.3, 0.4) is 0 Å². The summed E-state index contributed by atoms with van der Waals surface area (Å²) in [4.78, 5) is 0. The van der Waals surface area contributed by atoms with Crippen molar-refractivity contribution in [1.82, 2.24) is 0 Å². The lowest BCUT2D eigenvalue weighted by atomic mass is 10.1. The van der Waals surface area contributed by atoms with Crippen LogP contribution in [-0.2, 0) is 11.0 Å². The lowest BCUT2D eigenvalue weighted by molar-refractivity contribution is -0.148. The molecule has 0 amide bonds. The summed E-state index contributed by atoms with van der Waals surface area (Å²) in [5.74, 6) is 0. The van der Waals surface area contributed by atoms with Gasteiger partial charge in [0.05, 0.1) is 0 Å². The Morgan fingerprint density at radius 2 is 1.23 bits per heavy atom. The number of hydrogen-bond donors (Lipinski definition) is 0. The average Bonchev–Trinajstić information content (AvgIpc) is 2.56. The first-order valence-electron chi connectivity index (χ1n) is 9.54. The minimum atomic E-state index is 1.02. The monoisotopic (exact) mass is 305 g/mol. The largest absolute Gasteiger partial charge is 0.419 e. The van der Waals surface area contributed by atoms with Gasteiger partial charge in [-0.2, -0.15) is 0 Å². The summed E-state index contributed by atoms with van der Waals surface area (Å²) >= 11 is 0. The van der Waals surface area contributed by atoms with E-state index in [0.29, 0.717) is 0 Å². The van der Waals surface area contributed by atoms with Crippen LogP contribution in [0.5, 0.6) is 0 Å². The molecule has 0 unspecified atom stereocenters. The van der Waals surface area contributed by atoms with Crippen molar-refractivity contribution in [2.45, 2.75) is 84.7 Å². The molecule has 0 atom stereocenters. The van der Waals surface area contributed by atoms with E-state index in [1.165, 1.54) is 76.4 Å². The molecule has 22 heavy (non-hydrogen) atoms. The first kappa shape index (κ1) is 19.2. The normalized spacial score (nSPS) is 11.2. The number of rotatable bonds is 14. The predicted molar refractivity (Wildman–Crippen MR) is 98.5 cm³/mol. The molecule has 0 saturated carbocycles. The highest BCUT2D eigenvalue weighted by Crippen LogP contribution is 2.13. The van der Waals surface area contributed by atoms with Gasteiger partial charge in [0, 0.05) is 18.9 Å². The van der Waals surface area contributed by atoms with Crippen molar-refractivity contribution in [1.29, 1.82) is 0 Å². The van der Waals surface area contributed by atoms with Crippen molar-refractivity contribution in [2.24, 2.45) is 0 Å². The van der Waals surface area contributed by atoms with E-state index < -0.39 is 0 Å². The summed E-state index contributed by atoms with van der Waals surface area (Å²) in [7, 11) is 0. The van der Waals surface area contributed by atoms with E-state index in [4.69, 9.17) is 0 Å². The Balaban J connectivity index is 1.96. The molecule has 1 aromatic carbocycles. The molecule has 0 heterocycles. The molecule has 0 aliphatic carbocycles. The van der Waals surface area contributed by atoms with E-state index >= 15 is 0 Å². The number of hydrogen-bond acceptors (Lipinski definition) is 0.